The van der Waals surface area contributed by atoms with Gasteiger partial charge in [0.25, 0.3) is 0 Å². The molecule has 0 heterocycles. The zero-order chi connectivity index (χ0) is 15.2. The summed E-state index contributed by atoms with van der Waals surface area (Å²) in [5, 5.41) is 2.95. The van der Waals surface area contributed by atoms with Gasteiger partial charge in [-0.05, 0) is 38.7 Å². The number of hydrogen-bond acceptors (Lipinski definition) is 2. The average molecular weight is 276 g/mol. The summed E-state index contributed by atoms with van der Waals surface area (Å²) in [4.78, 5) is 12.2. The summed E-state index contributed by atoms with van der Waals surface area (Å²) in [6.07, 6.45) is 2.90. The van der Waals surface area contributed by atoms with Crippen LogP contribution in [0.15, 0.2) is 30.3 Å². The summed E-state index contributed by atoms with van der Waals surface area (Å²) in [5.41, 5.74) is 6.50. The smallest absolute Gasteiger partial charge is 0.225 e. The van der Waals surface area contributed by atoms with Gasteiger partial charge < -0.3 is 11.1 Å². The highest BCUT2D eigenvalue weighted by molar-refractivity contribution is 5.81. The Kier molecular flexibility index (Phi) is 5.75. The average Bonchev–Trinajstić information content (AvgIpc) is 2.36. The van der Waals surface area contributed by atoms with E-state index in [2.05, 4.69) is 29.6 Å². The molecule has 0 saturated carbocycles. The third-order valence-electron chi connectivity index (χ3n) is 3.43. The van der Waals surface area contributed by atoms with E-state index in [4.69, 9.17) is 5.73 Å². The second-order valence-electron chi connectivity index (χ2n) is 6.89. The first-order chi connectivity index (χ1) is 9.21. The molecule has 112 valence electrons. The zero-order valence-corrected chi connectivity index (χ0v) is 13.2. The Labute approximate surface area is 122 Å². The highest BCUT2D eigenvalue weighted by atomic mass is 16.2. The molecule has 0 spiro atoms. The Morgan fingerprint density at radius 3 is 2.30 bits per heavy atom. The molecule has 20 heavy (non-hydrogen) atoms. The van der Waals surface area contributed by atoms with Crippen molar-refractivity contribution in [2.24, 2.45) is 11.1 Å². The largest absolute Gasteiger partial charge is 0.354 e. The van der Waals surface area contributed by atoms with Gasteiger partial charge in [0, 0.05) is 17.5 Å². The number of nitrogens with two attached hydrogens (primary N) is 1. The van der Waals surface area contributed by atoms with Crippen LogP contribution in [0.25, 0.3) is 0 Å². The minimum absolute atomic E-state index is 0.0871. The molecule has 0 aliphatic carbocycles. The van der Waals surface area contributed by atoms with E-state index < -0.39 is 0 Å². The molecular formula is C17H28N2O. The molecule has 3 nitrogen and oxygen atoms in total. The first kappa shape index (κ1) is 16.7. The highest BCUT2D eigenvalue weighted by Gasteiger charge is 2.27. The van der Waals surface area contributed by atoms with Crippen molar-refractivity contribution >= 4 is 5.91 Å². The minimum atomic E-state index is -0.365. The van der Waals surface area contributed by atoms with Gasteiger partial charge in [-0.1, -0.05) is 44.2 Å². The summed E-state index contributed by atoms with van der Waals surface area (Å²) in [7, 11) is 0. The highest BCUT2D eigenvalue weighted by Crippen LogP contribution is 2.23. The lowest BCUT2D eigenvalue weighted by molar-refractivity contribution is -0.129. The topological polar surface area (TPSA) is 55.1 Å². The van der Waals surface area contributed by atoms with Crippen molar-refractivity contribution < 1.29 is 4.79 Å². The molecule has 1 aromatic rings. The van der Waals surface area contributed by atoms with Crippen molar-refractivity contribution in [3.63, 3.8) is 0 Å². The van der Waals surface area contributed by atoms with E-state index in [-0.39, 0.29) is 16.9 Å². The van der Waals surface area contributed by atoms with Crippen LogP contribution in [0.3, 0.4) is 0 Å². The monoisotopic (exact) mass is 276 g/mol. The van der Waals surface area contributed by atoms with Crippen LogP contribution in [-0.4, -0.2) is 18.0 Å². The summed E-state index contributed by atoms with van der Waals surface area (Å²) in [6.45, 7) is 8.33. The second kappa shape index (κ2) is 6.89. The van der Waals surface area contributed by atoms with Gasteiger partial charge in [-0.15, -0.1) is 0 Å². The summed E-state index contributed by atoms with van der Waals surface area (Å²) in [5.74, 6) is 0.0871. The van der Waals surface area contributed by atoms with Crippen LogP contribution in [0.5, 0.6) is 0 Å². The molecule has 3 N–H and O–H groups in total. The Balaban J connectivity index is 2.38. The molecule has 1 amide bonds. The van der Waals surface area contributed by atoms with E-state index in [1.54, 1.807) is 0 Å². The summed E-state index contributed by atoms with van der Waals surface area (Å²) >= 11 is 0. The quantitative estimate of drug-likeness (QED) is 0.804. The molecule has 3 heteroatoms. The maximum Gasteiger partial charge on any atom is 0.225 e. The number of carbonyl (C=O) groups excluding carboxylic acids is 1. The van der Waals surface area contributed by atoms with E-state index in [1.807, 2.05) is 33.8 Å². The van der Waals surface area contributed by atoms with Gasteiger partial charge in [-0.25, -0.2) is 0 Å². The predicted molar refractivity (Wildman–Crippen MR) is 84.4 cm³/mol. The molecule has 0 atom stereocenters. The van der Waals surface area contributed by atoms with Gasteiger partial charge in [-0.2, -0.15) is 0 Å². The summed E-state index contributed by atoms with van der Waals surface area (Å²) < 4.78 is 0. The Morgan fingerprint density at radius 2 is 1.75 bits per heavy atom. The molecule has 1 rings (SSSR count). The second-order valence-corrected chi connectivity index (χ2v) is 6.89. The minimum Gasteiger partial charge on any atom is -0.354 e. The molecule has 0 unspecified atom stereocenters. The maximum atomic E-state index is 12.2. The number of aryl methyl sites for hydroxylation is 1. The Hall–Kier alpha value is -1.35. The normalized spacial score (nSPS) is 12.2. The van der Waals surface area contributed by atoms with Gasteiger partial charge in [0.2, 0.25) is 5.91 Å². The van der Waals surface area contributed by atoms with Crippen LogP contribution in [0.4, 0.5) is 0 Å². The lowest BCUT2D eigenvalue weighted by atomic mass is 9.85. The number of carbonyl (C=O) groups is 1. The molecule has 0 saturated heterocycles. The molecule has 1 aromatic carbocycles. The molecule has 0 aromatic heterocycles. The number of hydrogen-bond donors (Lipinski definition) is 2. The van der Waals surface area contributed by atoms with Crippen molar-refractivity contribution in [1.82, 2.24) is 5.32 Å². The van der Waals surface area contributed by atoms with E-state index in [0.29, 0.717) is 6.54 Å². The van der Waals surface area contributed by atoms with Crippen molar-refractivity contribution in [3.05, 3.63) is 35.9 Å². The van der Waals surface area contributed by atoms with Gasteiger partial charge >= 0.3 is 0 Å². The van der Waals surface area contributed by atoms with Crippen molar-refractivity contribution in [2.75, 3.05) is 6.54 Å². The van der Waals surface area contributed by atoms with Gasteiger partial charge in [0.15, 0.2) is 0 Å². The zero-order valence-electron chi connectivity index (χ0n) is 13.2. The van der Waals surface area contributed by atoms with Crippen LogP contribution in [0.2, 0.25) is 0 Å². The van der Waals surface area contributed by atoms with Gasteiger partial charge in [0.05, 0.1) is 0 Å². The Morgan fingerprint density at radius 1 is 1.15 bits per heavy atom. The van der Waals surface area contributed by atoms with Crippen LogP contribution in [0.1, 0.15) is 46.1 Å². The maximum absolute atomic E-state index is 12.2. The standard InChI is InChI=1S/C17H28N2O/c1-16(2,15(20)19-13-17(3,4)18)12-8-11-14-9-6-5-7-10-14/h5-7,9-10H,8,11-13,18H2,1-4H3,(H,19,20). The van der Waals surface area contributed by atoms with E-state index in [0.717, 1.165) is 19.3 Å². The van der Waals surface area contributed by atoms with Crippen LogP contribution < -0.4 is 11.1 Å². The lowest BCUT2D eigenvalue weighted by Gasteiger charge is -2.26. The summed E-state index contributed by atoms with van der Waals surface area (Å²) in [6, 6.07) is 10.4. The molecular weight excluding hydrogens is 248 g/mol. The molecule has 0 fully saturated rings. The van der Waals surface area contributed by atoms with Crippen molar-refractivity contribution in [3.8, 4) is 0 Å². The SMILES string of the molecule is CC(C)(N)CNC(=O)C(C)(C)CCCc1ccccc1. The van der Waals surface area contributed by atoms with Crippen LogP contribution in [-0.2, 0) is 11.2 Å². The number of rotatable bonds is 7. The number of benzene rings is 1. The third-order valence-corrected chi connectivity index (χ3v) is 3.43. The number of nitrogens with one attached hydrogen (secondary N) is 1. The number of amides is 1. The van der Waals surface area contributed by atoms with E-state index in [9.17, 15) is 4.79 Å². The fourth-order valence-corrected chi connectivity index (χ4v) is 2.04. The van der Waals surface area contributed by atoms with E-state index >= 15 is 0 Å². The van der Waals surface area contributed by atoms with Crippen molar-refractivity contribution in [1.29, 1.82) is 0 Å². The molecule has 0 aliphatic rings. The lowest BCUT2D eigenvalue weighted by Crippen LogP contribution is -2.48. The molecule has 0 bridgehead atoms. The molecule has 0 aliphatic heterocycles. The Bertz CT molecular complexity index is 418. The predicted octanol–water partition coefficient (Wildman–Crippen LogP) is 2.89. The van der Waals surface area contributed by atoms with Crippen LogP contribution in [0, 0.1) is 5.41 Å². The third kappa shape index (κ3) is 6.20. The van der Waals surface area contributed by atoms with Gasteiger partial charge in [0.1, 0.15) is 0 Å². The van der Waals surface area contributed by atoms with Crippen LogP contribution >= 0.6 is 0 Å². The fraction of sp³-hybridized carbons (Fsp3) is 0.588. The van der Waals surface area contributed by atoms with Crippen molar-refractivity contribution in [2.45, 2.75) is 52.5 Å². The first-order valence-electron chi connectivity index (χ1n) is 7.32. The van der Waals surface area contributed by atoms with Gasteiger partial charge in [-0.3, -0.25) is 4.79 Å². The first-order valence-corrected chi connectivity index (χ1v) is 7.32. The fourth-order valence-electron chi connectivity index (χ4n) is 2.04. The van der Waals surface area contributed by atoms with E-state index in [1.165, 1.54) is 5.56 Å². The molecule has 0 radical (unpaired) electrons.